The molecule has 0 spiro atoms. The second-order valence-corrected chi connectivity index (χ2v) is 5.88. The van der Waals surface area contributed by atoms with E-state index in [4.69, 9.17) is 5.26 Å². The Kier molecular flexibility index (Phi) is 6.57. The molecule has 0 aliphatic carbocycles. The Morgan fingerprint density at radius 3 is 2.48 bits per heavy atom. The summed E-state index contributed by atoms with van der Waals surface area (Å²) in [5.41, 5.74) is 0.867. The fourth-order valence-corrected chi connectivity index (χ4v) is 2.98. The van der Waals surface area contributed by atoms with Crippen molar-refractivity contribution in [3.8, 4) is 6.07 Å². The van der Waals surface area contributed by atoms with Gasteiger partial charge in [0.25, 0.3) is 0 Å². The summed E-state index contributed by atoms with van der Waals surface area (Å²) >= 11 is 0. The fraction of sp³-hybridized carbons (Fsp3) is 0.556. The lowest BCUT2D eigenvalue weighted by Gasteiger charge is -2.38. The lowest BCUT2D eigenvalue weighted by molar-refractivity contribution is -0.123. The largest absolute Gasteiger partial charge is 0.310 e. The van der Waals surface area contributed by atoms with Crippen molar-refractivity contribution in [1.29, 1.82) is 5.26 Å². The van der Waals surface area contributed by atoms with Crippen molar-refractivity contribution in [2.75, 3.05) is 44.2 Å². The Morgan fingerprint density at radius 1 is 1.26 bits per heavy atom. The van der Waals surface area contributed by atoms with Crippen molar-refractivity contribution in [2.45, 2.75) is 26.3 Å². The van der Waals surface area contributed by atoms with Gasteiger partial charge in [-0.1, -0.05) is 25.1 Å². The highest BCUT2D eigenvalue weighted by Crippen LogP contribution is 2.17. The normalized spacial score (nSPS) is 17.4. The van der Waals surface area contributed by atoms with Crippen LogP contribution in [0.15, 0.2) is 30.3 Å². The van der Waals surface area contributed by atoms with Gasteiger partial charge in [0, 0.05) is 38.4 Å². The number of nitriles is 1. The number of anilines is 1. The summed E-state index contributed by atoms with van der Waals surface area (Å²) in [6.45, 7) is 9.52. The number of hydrogen-bond acceptors (Lipinski definition) is 4. The highest BCUT2D eigenvalue weighted by molar-refractivity contribution is 5.96. The van der Waals surface area contributed by atoms with Crippen LogP contribution in [0.5, 0.6) is 0 Å². The van der Waals surface area contributed by atoms with Gasteiger partial charge in [-0.2, -0.15) is 5.26 Å². The van der Waals surface area contributed by atoms with E-state index in [2.05, 4.69) is 22.8 Å². The molecule has 124 valence electrons. The zero-order valence-corrected chi connectivity index (χ0v) is 14.1. The van der Waals surface area contributed by atoms with Gasteiger partial charge >= 0.3 is 0 Å². The smallest absolute Gasteiger partial charge is 0.244 e. The van der Waals surface area contributed by atoms with E-state index in [0.29, 0.717) is 13.0 Å². The Balaban J connectivity index is 2.06. The number of benzene rings is 1. The zero-order chi connectivity index (χ0) is 16.7. The van der Waals surface area contributed by atoms with Crippen LogP contribution in [0.1, 0.15) is 20.3 Å². The van der Waals surface area contributed by atoms with E-state index in [-0.39, 0.29) is 11.9 Å². The van der Waals surface area contributed by atoms with E-state index < -0.39 is 0 Å². The summed E-state index contributed by atoms with van der Waals surface area (Å²) in [5, 5.41) is 8.88. The van der Waals surface area contributed by atoms with Crippen molar-refractivity contribution >= 4 is 11.6 Å². The molecular formula is C18H26N4O. The van der Waals surface area contributed by atoms with Crippen molar-refractivity contribution < 1.29 is 4.79 Å². The molecule has 2 rings (SSSR count). The van der Waals surface area contributed by atoms with Crippen molar-refractivity contribution in [1.82, 2.24) is 9.80 Å². The van der Waals surface area contributed by atoms with Gasteiger partial charge < -0.3 is 9.80 Å². The number of hydrogen-bond donors (Lipinski definition) is 0. The molecule has 0 radical (unpaired) electrons. The molecule has 5 nitrogen and oxygen atoms in total. The predicted octanol–water partition coefficient (Wildman–Crippen LogP) is 1.96. The second-order valence-electron chi connectivity index (χ2n) is 5.88. The summed E-state index contributed by atoms with van der Waals surface area (Å²) in [4.78, 5) is 19.4. The molecule has 5 heteroatoms. The molecule has 0 N–H and O–H groups in total. The number of rotatable bonds is 6. The van der Waals surface area contributed by atoms with Gasteiger partial charge in [-0.05, 0) is 25.6 Å². The number of carbonyl (C=O) groups excluding carboxylic acids is 1. The van der Waals surface area contributed by atoms with Crippen LogP contribution in [0.4, 0.5) is 5.69 Å². The average molecular weight is 314 g/mol. The lowest BCUT2D eigenvalue weighted by Crippen LogP contribution is -2.54. The quantitative estimate of drug-likeness (QED) is 0.805. The van der Waals surface area contributed by atoms with Crippen LogP contribution in [0.3, 0.4) is 0 Å². The number of likely N-dealkylation sites (N-methyl/N-ethyl adjacent to an activating group) is 1. The van der Waals surface area contributed by atoms with Gasteiger partial charge in [0.2, 0.25) is 5.91 Å². The van der Waals surface area contributed by atoms with Crippen LogP contribution < -0.4 is 4.90 Å². The topological polar surface area (TPSA) is 50.6 Å². The maximum atomic E-state index is 13.0. The predicted molar refractivity (Wildman–Crippen MR) is 92.2 cm³/mol. The number of nitrogens with zero attached hydrogens (tertiary/aromatic N) is 4. The van der Waals surface area contributed by atoms with Gasteiger partial charge in [-0.15, -0.1) is 0 Å². The Morgan fingerprint density at radius 2 is 1.91 bits per heavy atom. The minimum atomic E-state index is -0.159. The first-order chi connectivity index (χ1) is 11.2. The summed E-state index contributed by atoms with van der Waals surface area (Å²) in [5.74, 6) is 0.0800. The van der Waals surface area contributed by atoms with Crippen LogP contribution in [0, 0.1) is 11.3 Å². The van der Waals surface area contributed by atoms with Gasteiger partial charge in [0.05, 0.1) is 18.5 Å². The standard InChI is InChI=1S/C18H26N4O/c1-3-20-12-14-21(15-13-20)16(2)18(23)22(11-7-10-19)17-8-5-4-6-9-17/h4-6,8-9,16H,3,7,11-15H2,1-2H3. The molecule has 1 aromatic carbocycles. The summed E-state index contributed by atoms with van der Waals surface area (Å²) < 4.78 is 0. The summed E-state index contributed by atoms with van der Waals surface area (Å²) in [7, 11) is 0. The third kappa shape index (κ3) is 4.54. The monoisotopic (exact) mass is 314 g/mol. The molecule has 1 unspecified atom stereocenters. The first-order valence-electron chi connectivity index (χ1n) is 8.37. The minimum absolute atomic E-state index is 0.0800. The van der Waals surface area contributed by atoms with E-state index >= 15 is 0 Å². The highest BCUT2D eigenvalue weighted by Gasteiger charge is 2.28. The molecule has 1 amide bonds. The van der Waals surface area contributed by atoms with Crippen LogP contribution >= 0.6 is 0 Å². The maximum absolute atomic E-state index is 13.0. The number of amides is 1. The number of carbonyl (C=O) groups is 1. The molecule has 1 aliphatic heterocycles. The first kappa shape index (κ1) is 17.5. The molecule has 23 heavy (non-hydrogen) atoms. The number of para-hydroxylation sites is 1. The van der Waals surface area contributed by atoms with Gasteiger partial charge in [0.15, 0.2) is 0 Å². The van der Waals surface area contributed by atoms with Crippen molar-refractivity contribution in [2.24, 2.45) is 0 Å². The molecule has 0 aromatic heterocycles. The summed E-state index contributed by atoms with van der Waals surface area (Å²) in [6, 6.07) is 11.6. The Hall–Kier alpha value is -1.90. The molecule has 1 saturated heterocycles. The maximum Gasteiger partial charge on any atom is 0.244 e. The van der Waals surface area contributed by atoms with Crippen LogP contribution in [0.25, 0.3) is 0 Å². The van der Waals surface area contributed by atoms with Crippen LogP contribution in [-0.4, -0.2) is 61.0 Å². The average Bonchev–Trinajstić information content (AvgIpc) is 2.62. The zero-order valence-electron chi connectivity index (χ0n) is 14.1. The van der Waals surface area contributed by atoms with Crippen LogP contribution in [0.2, 0.25) is 0 Å². The Bertz CT molecular complexity index is 532. The van der Waals surface area contributed by atoms with E-state index in [1.54, 1.807) is 4.90 Å². The second kappa shape index (κ2) is 8.66. The molecule has 0 bridgehead atoms. The first-order valence-corrected chi connectivity index (χ1v) is 8.37. The van der Waals surface area contributed by atoms with E-state index in [1.807, 2.05) is 37.3 Å². The number of piperazine rings is 1. The highest BCUT2D eigenvalue weighted by atomic mass is 16.2. The molecule has 1 aliphatic rings. The van der Waals surface area contributed by atoms with Gasteiger partial charge in [-0.3, -0.25) is 9.69 Å². The molecule has 1 fully saturated rings. The Labute approximate surface area is 139 Å². The SMILES string of the molecule is CCN1CCN(C(C)C(=O)N(CCC#N)c2ccccc2)CC1. The molecule has 1 heterocycles. The van der Waals surface area contributed by atoms with Gasteiger partial charge in [-0.25, -0.2) is 0 Å². The fourth-order valence-electron chi connectivity index (χ4n) is 2.98. The minimum Gasteiger partial charge on any atom is -0.310 e. The van der Waals surface area contributed by atoms with E-state index in [9.17, 15) is 4.79 Å². The van der Waals surface area contributed by atoms with Crippen molar-refractivity contribution in [3.63, 3.8) is 0 Å². The van der Waals surface area contributed by atoms with E-state index in [1.165, 1.54) is 0 Å². The lowest BCUT2D eigenvalue weighted by atomic mass is 10.1. The molecular weight excluding hydrogens is 288 g/mol. The third-order valence-electron chi connectivity index (χ3n) is 4.54. The van der Waals surface area contributed by atoms with Crippen molar-refractivity contribution in [3.05, 3.63) is 30.3 Å². The van der Waals surface area contributed by atoms with Crippen LogP contribution in [-0.2, 0) is 4.79 Å². The molecule has 1 aromatic rings. The van der Waals surface area contributed by atoms with E-state index in [0.717, 1.165) is 38.4 Å². The summed E-state index contributed by atoms with van der Waals surface area (Å²) in [6.07, 6.45) is 0.344. The molecule has 0 saturated carbocycles. The molecule has 1 atom stereocenters. The van der Waals surface area contributed by atoms with Gasteiger partial charge in [0.1, 0.15) is 0 Å². The third-order valence-corrected chi connectivity index (χ3v) is 4.54.